The molecule has 1 aromatic heterocycles. The summed E-state index contributed by atoms with van der Waals surface area (Å²) >= 11 is 0. The highest BCUT2D eigenvalue weighted by Crippen LogP contribution is 2.22. The van der Waals surface area contributed by atoms with Crippen molar-refractivity contribution in [2.24, 2.45) is 0 Å². The number of nitrogens with zero attached hydrogens (tertiary/aromatic N) is 4. The Balaban J connectivity index is 1.56. The number of amides is 2. The predicted octanol–water partition coefficient (Wildman–Crippen LogP) is 4.05. The minimum absolute atomic E-state index is 0.0596. The molecular weight excluding hydrogens is 456 g/mol. The van der Waals surface area contributed by atoms with Gasteiger partial charge < -0.3 is 14.5 Å². The SMILES string of the molecule is CCCc1nc(C)nc(C(=O)N2CCN(C(=O)c3ccc4ccccc4c3)C(C)C2)c1C(=O)OCC. The third kappa shape index (κ3) is 5.08. The molecule has 0 spiro atoms. The molecule has 3 aromatic rings. The van der Waals surface area contributed by atoms with Crippen LogP contribution in [0.5, 0.6) is 0 Å². The normalized spacial score (nSPS) is 15.7. The molecule has 4 rings (SSSR count). The maximum Gasteiger partial charge on any atom is 0.342 e. The van der Waals surface area contributed by atoms with Crippen LogP contribution in [-0.4, -0.2) is 69.8 Å². The van der Waals surface area contributed by atoms with Gasteiger partial charge in [0.05, 0.1) is 12.3 Å². The van der Waals surface area contributed by atoms with Crippen LogP contribution < -0.4 is 0 Å². The fraction of sp³-hybridized carbons (Fsp3) is 0.393. The molecule has 1 fully saturated rings. The summed E-state index contributed by atoms with van der Waals surface area (Å²) in [5, 5.41) is 2.09. The van der Waals surface area contributed by atoms with Crippen molar-refractivity contribution in [1.29, 1.82) is 0 Å². The first-order chi connectivity index (χ1) is 17.3. The molecule has 8 heteroatoms. The minimum Gasteiger partial charge on any atom is -0.462 e. The van der Waals surface area contributed by atoms with Gasteiger partial charge in [-0.25, -0.2) is 14.8 Å². The maximum atomic E-state index is 13.6. The lowest BCUT2D eigenvalue weighted by Gasteiger charge is -2.40. The van der Waals surface area contributed by atoms with E-state index in [9.17, 15) is 14.4 Å². The van der Waals surface area contributed by atoms with Crippen molar-refractivity contribution in [2.75, 3.05) is 26.2 Å². The predicted molar refractivity (Wildman–Crippen MR) is 137 cm³/mol. The Morgan fingerprint density at radius 3 is 2.44 bits per heavy atom. The Morgan fingerprint density at radius 2 is 1.75 bits per heavy atom. The molecule has 0 aliphatic carbocycles. The van der Waals surface area contributed by atoms with Gasteiger partial charge >= 0.3 is 5.97 Å². The lowest BCUT2D eigenvalue weighted by molar-refractivity contribution is 0.0406. The highest BCUT2D eigenvalue weighted by molar-refractivity contribution is 6.05. The second-order valence-electron chi connectivity index (χ2n) is 9.07. The summed E-state index contributed by atoms with van der Waals surface area (Å²) in [7, 11) is 0. The number of hydrogen-bond acceptors (Lipinski definition) is 6. The van der Waals surface area contributed by atoms with Crippen LogP contribution in [0.2, 0.25) is 0 Å². The van der Waals surface area contributed by atoms with Gasteiger partial charge in [-0.2, -0.15) is 0 Å². The van der Waals surface area contributed by atoms with Gasteiger partial charge in [0.25, 0.3) is 11.8 Å². The molecular formula is C28H32N4O4. The van der Waals surface area contributed by atoms with E-state index in [0.29, 0.717) is 43.1 Å². The van der Waals surface area contributed by atoms with Crippen molar-refractivity contribution in [2.45, 2.75) is 46.6 Å². The van der Waals surface area contributed by atoms with E-state index >= 15 is 0 Å². The van der Waals surface area contributed by atoms with Gasteiger partial charge in [-0.3, -0.25) is 9.59 Å². The van der Waals surface area contributed by atoms with E-state index in [-0.39, 0.29) is 35.7 Å². The van der Waals surface area contributed by atoms with E-state index in [1.807, 2.05) is 56.3 Å². The minimum atomic E-state index is -0.581. The van der Waals surface area contributed by atoms with Crippen molar-refractivity contribution in [3.8, 4) is 0 Å². The second-order valence-corrected chi connectivity index (χ2v) is 9.07. The molecule has 0 radical (unpaired) electrons. The zero-order valence-electron chi connectivity index (χ0n) is 21.3. The monoisotopic (exact) mass is 488 g/mol. The van der Waals surface area contributed by atoms with Gasteiger partial charge in [0.1, 0.15) is 17.1 Å². The molecule has 2 aromatic carbocycles. The van der Waals surface area contributed by atoms with Crippen LogP contribution in [0.3, 0.4) is 0 Å². The molecule has 188 valence electrons. The van der Waals surface area contributed by atoms with Crippen LogP contribution in [0.1, 0.15) is 69.9 Å². The number of aryl methyl sites for hydroxylation is 2. The van der Waals surface area contributed by atoms with Crippen molar-refractivity contribution in [3.63, 3.8) is 0 Å². The number of hydrogen-bond donors (Lipinski definition) is 0. The van der Waals surface area contributed by atoms with Gasteiger partial charge in [-0.05, 0) is 50.1 Å². The fourth-order valence-electron chi connectivity index (χ4n) is 4.70. The first-order valence-corrected chi connectivity index (χ1v) is 12.5. The van der Waals surface area contributed by atoms with Crippen LogP contribution >= 0.6 is 0 Å². The average molecular weight is 489 g/mol. The number of ether oxygens (including phenoxy) is 1. The standard InChI is InChI=1S/C28H32N4O4/c1-5-9-23-24(28(35)36-6-2)25(30-19(4)29-23)27(34)31-14-15-32(18(3)17-31)26(33)22-13-12-20-10-7-8-11-21(20)16-22/h7-8,10-13,16,18H,5-6,9,14-15,17H2,1-4H3. The molecule has 1 atom stereocenters. The quantitative estimate of drug-likeness (QED) is 0.486. The van der Waals surface area contributed by atoms with E-state index in [0.717, 1.165) is 17.2 Å². The van der Waals surface area contributed by atoms with Crippen LogP contribution in [-0.2, 0) is 11.2 Å². The largest absolute Gasteiger partial charge is 0.462 e. The summed E-state index contributed by atoms with van der Waals surface area (Å²) in [5.41, 5.74) is 1.38. The van der Waals surface area contributed by atoms with E-state index < -0.39 is 5.97 Å². The first kappa shape index (κ1) is 25.3. The number of esters is 1. The summed E-state index contributed by atoms with van der Waals surface area (Å²) in [6.45, 7) is 8.62. The maximum absolute atomic E-state index is 13.6. The number of rotatable bonds is 6. The van der Waals surface area contributed by atoms with E-state index in [4.69, 9.17) is 4.74 Å². The molecule has 0 saturated carbocycles. The summed E-state index contributed by atoms with van der Waals surface area (Å²) in [5.74, 6) is -0.545. The Morgan fingerprint density at radius 1 is 1.00 bits per heavy atom. The molecule has 0 N–H and O–H groups in total. The van der Waals surface area contributed by atoms with E-state index in [2.05, 4.69) is 9.97 Å². The van der Waals surface area contributed by atoms with Gasteiger partial charge in [0.15, 0.2) is 0 Å². The Bertz CT molecular complexity index is 1310. The summed E-state index contributed by atoms with van der Waals surface area (Å²) < 4.78 is 5.24. The highest BCUT2D eigenvalue weighted by atomic mass is 16.5. The van der Waals surface area contributed by atoms with Gasteiger partial charge in [0, 0.05) is 31.2 Å². The number of piperazine rings is 1. The molecule has 2 heterocycles. The topological polar surface area (TPSA) is 92.7 Å². The van der Waals surface area contributed by atoms with Crippen molar-refractivity contribution in [1.82, 2.24) is 19.8 Å². The van der Waals surface area contributed by atoms with Crippen molar-refractivity contribution >= 4 is 28.6 Å². The Kier molecular flexibility index (Phi) is 7.62. The van der Waals surface area contributed by atoms with E-state index in [1.165, 1.54) is 0 Å². The summed E-state index contributed by atoms with van der Waals surface area (Å²) in [6, 6.07) is 13.4. The molecule has 1 unspecified atom stereocenters. The number of aromatic nitrogens is 2. The molecule has 1 saturated heterocycles. The van der Waals surface area contributed by atoms with Crippen LogP contribution in [0.25, 0.3) is 10.8 Å². The molecule has 1 aliphatic heterocycles. The van der Waals surface area contributed by atoms with Gasteiger partial charge in [-0.1, -0.05) is 43.7 Å². The summed E-state index contributed by atoms with van der Waals surface area (Å²) in [4.78, 5) is 52.0. The number of benzene rings is 2. The average Bonchev–Trinajstić information content (AvgIpc) is 2.87. The second kappa shape index (κ2) is 10.8. The smallest absolute Gasteiger partial charge is 0.342 e. The zero-order valence-corrected chi connectivity index (χ0v) is 21.3. The lowest BCUT2D eigenvalue weighted by Crippen LogP contribution is -2.55. The third-order valence-electron chi connectivity index (χ3n) is 6.44. The fourth-order valence-corrected chi connectivity index (χ4v) is 4.70. The van der Waals surface area contributed by atoms with Crippen LogP contribution in [0, 0.1) is 6.92 Å². The van der Waals surface area contributed by atoms with Crippen LogP contribution in [0.4, 0.5) is 0 Å². The van der Waals surface area contributed by atoms with Gasteiger partial charge in [-0.15, -0.1) is 0 Å². The first-order valence-electron chi connectivity index (χ1n) is 12.5. The molecule has 36 heavy (non-hydrogen) atoms. The zero-order chi connectivity index (χ0) is 25.8. The summed E-state index contributed by atoms with van der Waals surface area (Å²) in [6.07, 6.45) is 1.31. The Labute approximate surface area is 211 Å². The molecule has 1 aliphatic rings. The van der Waals surface area contributed by atoms with Crippen molar-refractivity contribution < 1.29 is 19.1 Å². The lowest BCUT2D eigenvalue weighted by atomic mass is 10.0. The number of fused-ring (bicyclic) bond motifs is 1. The van der Waals surface area contributed by atoms with Crippen molar-refractivity contribution in [3.05, 3.63) is 70.8 Å². The van der Waals surface area contributed by atoms with Gasteiger partial charge in [0.2, 0.25) is 0 Å². The van der Waals surface area contributed by atoms with Crippen LogP contribution in [0.15, 0.2) is 42.5 Å². The molecule has 2 amide bonds. The molecule has 0 bridgehead atoms. The highest BCUT2D eigenvalue weighted by Gasteiger charge is 2.34. The number of carbonyl (C=O) groups excluding carboxylic acids is 3. The Hall–Kier alpha value is -3.81. The van der Waals surface area contributed by atoms with E-state index in [1.54, 1.807) is 23.6 Å². The third-order valence-corrected chi connectivity index (χ3v) is 6.44. The number of carbonyl (C=O) groups is 3. The molecule has 8 nitrogen and oxygen atoms in total.